The van der Waals surface area contributed by atoms with Gasteiger partial charge in [-0.3, -0.25) is 4.79 Å². The fourth-order valence-electron chi connectivity index (χ4n) is 2.49. The lowest BCUT2D eigenvalue weighted by molar-refractivity contribution is -0.128. The molecule has 0 aliphatic carbocycles. The highest BCUT2D eigenvalue weighted by Crippen LogP contribution is 2.18. The zero-order valence-electron chi connectivity index (χ0n) is 14.8. The van der Waals surface area contributed by atoms with Crippen molar-refractivity contribution in [1.82, 2.24) is 5.32 Å². The van der Waals surface area contributed by atoms with Crippen molar-refractivity contribution in [3.05, 3.63) is 59.4 Å². The molecule has 2 rings (SSSR count). The third kappa shape index (κ3) is 5.78. The van der Waals surface area contributed by atoms with E-state index in [1.807, 2.05) is 32.9 Å². The second kappa shape index (κ2) is 9.06. The maximum Gasteiger partial charge on any atom is 0.261 e. The van der Waals surface area contributed by atoms with E-state index in [4.69, 9.17) is 9.47 Å². The van der Waals surface area contributed by atoms with Crippen LogP contribution in [0, 0.1) is 19.7 Å². The molecule has 25 heavy (non-hydrogen) atoms. The van der Waals surface area contributed by atoms with Crippen LogP contribution >= 0.6 is 0 Å². The zero-order chi connectivity index (χ0) is 18.2. The number of benzene rings is 2. The normalized spacial score (nSPS) is 11.7. The quantitative estimate of drug-likeness (QED) is 0.741. The Bertz CT molecular complexity index is 698. The number of aryl methyl sites for hydroxylation is 2. The molecule has 0 fully saturated rings. The predicted molar refractivity (Wildman–Crippen MR) is 95.5 cm³/mol. The highest BCUT2D eigenvalue weighted by atomic mass is 19.1. The molecule has 2 aromatic carbocycles. The Morgan fingerprint density at radius 1 is 1.16 bits per heavy atom. The first kappa shape index (κ1) is 18.8. The molecule has 0 radical (unpaired) electrons. The molecule has 4 nitrogen and oxygen atoms in total. The number of ether oxygens (including phenoxy) is 2. The summed E-state index contributed by atoms with van der Waals surface area (Å²) in [6.45, 7) is 6.53. The van der Waals surface area contributed by atoms with E-state index in [0.717, 1.165) is 16.9 Å². The van der Waals surface area contributed by atoms with Crippen LogP contribution < -0.4 is 14.8 Å². The van der Waals surface area contributed by atoms with Gasteiger partial charge in [0.25, 0.3) is 5.91 Å². The number of rotatable bonds is 8. The van der Waals surface area contributed by atoms with Crippen LogP contribution in [0.4, 0.5) is 4.39 Å². The lowest BCUT2D eigenvalue weighted by atomic mass is 10.1. The smallest absolute Gasteiger partial charge is 0.261 e. The minimum Gasteiger partial charge on any atom is -0.492 e. The van der Waals surface area contributed by atoms with Gasteiger partial charge < -0.3 is 14.8 Å². The van der Waals surface area contributed by atoms with Crippen LogP contribution in [0.25, 0.3) is 0 Å². The molecule has 0 spiro atoms. The van der Waals surface area contributed by atoms with Crippen LogP contribution in [0.3, 0.4) is 0 Å². The van der Waals surface area contributed by atoms with Crippen LogP contribution in [-0.4, -0.2) is 25.2 Å². The van der Waals surface area contributed by atoms with Crippen LogP contribution in [0.15, 0.2) is 42.5 Å². The number of amides is 1. The highest BCUT2D eigenvalue weighted by molar-refractivity contribution is 5.81. The van der Waals surface area contributed by atoms with E-state index >= 15 is 0 Å². The van der Waals surface area contributed by atoms with Crippen molar-refractivity contribution in [2.75, 3.05) is 13.2 Å². The molecule has 0 aromatic heterocycles. The average Bonchev–Trinajstić information content (AvgIpc) is 2.57. The summed E-state index contributed by atoms with van der Waals surface area (Å²) in [5.74, 6) is 0.0964. The molecule has 1 amide bonds. The fraction of sp³-hybridized carbons (Fsp3) is 0.350. The van der Waals surface area contributed by atoms with Gasteiger partial charge in [0, 0.05) is 0 Å². The molecule has 1 N–H and O–H groups in total. The van der Waals surface area contributed by atoms with Crippen molar-refractivity contribution in [2.24, 2.45) is 0 Å². The van der Waals surface area contributed by atoms with Gasteiger partial charge in [0.2, 0.25) is 0 Å². The van der Waals surface area contributed by atoms with Crippen molar-refractivity contribution >= 4 is 5.91 Å². The van der Waals surface area contributed by atoms with Gasteiger partial charge in [-0.2, -0.15) is 0 Å². The lowest BCUT2D eigenvalue weighted by Crippen LogP contribution is -2.39. The standard InChI is InChI=1S/C20H24FNO3/c1-4-18(25-19-8-6-5-7-17(19)21)20(23)22-9-10-24-16-12-14(2)11-15(3)13-16/h5-8,11-13,18H,4,9-10H2,1-3H3,(H,22,23). The Balaban J connectivity index is 1.81. The minimum absolute atomic E-state index is 0.0796. The van der Waals surface area contributed by atoms with Gasteiger partial charge in [0.1, 0.15) is 12.4 Å². The molecule has 1 atom stereocenters. The van der Waals surface area contributed by atoms with Crippen molar-refractivity contribution < 1.29 is 18.7 Å². The van der Waals surface area contributed by atoms with E-state index < -0.39 is 11.9 Å². The molecular formula is C20H24FNO3. The second-order valence-electron chi connectivity index (χ2n) is 5.91. The first-order valence-corrected chi connectivity index (χ1v) is 8.39. The predicted octanol–water partition coefficient (Wildman–Crippen LogP) is 3.80. The summed E-state index contributed by atoms with van der Waals surface area (Å²) in [6.07, 6.45) is -0.295. The van der Waals surface area contributed by atoms with E-state index in [9.17, 15) is 9.18 Å². The third-order valence-corrected chi connectivity index (χ3v) is 3.63. The fourth-order valence-corrected chi connectivity index (χ4v) is 2.49. The molecule has 5 heteroatoms. The number of hydrogen-bond acceptors (Lipinski definition) is 3. The van der Waals surface area contributed by atoms with Crippen LogP contribution in [0.2, 0.25) is 0 Å². The maximum absolute atomic E-state index is 13.6. The van der Waals surface area contributed by atoms with Gasteiger partial charge in [0.15, 0.2) is 17.7 Å². The van der Waals surface area contributed by atoms with Crippen molar-refractivity contribution in [3.63, 3.8) is 0 Å². The van der Waals surface area contributed by atoms with Gasteiger partial charge >= 0.3 is 0 Å². The lowest BCUT2D eigenvalue weighted by Gasteiger charge is -2.17. The van der Waals surface area contributed by atoms with E-state index in [2.05, 4.69) is 11.4 Å². The van der Waals surface area contributed by atoms with E-state index in [1.165, 1.54) is 12.1 Å². The van der Waals surface area contributed by atoms with Crippen LogP contribution in [-0.2, 0) is 4.79 Å². The van der Waals surface area contributed by atoms with Crippen LogP contribution in [0.1, 0.15) is 24.5 Å². The summed E-state index contributed by atoms with van der Waals surface area (Å²) in [7, 11) is 0. The topological polar surface area (TPSA) is 47.6 Å². The Kier molecular flexibility index (Phi) is 6.81. The van der Waals surface area contributed by atoms with E-state index in [-0.39, 0.29) is 11.7 Å². The number of halogens is 1. The second-order valence-corrected chi connectivity index (χ2v) is 5.91. The monoisotopic (exact) mass is 345 g/mol. The Labute approximate surface area is 148 Å². The van der Waals surface area contributed by atoms with Gasteiger partial charge in [-0.05, 0) is 55.7 Å². The minimum atomic E-state index is -0.738. The first-order chi connectivity index (χ1) is 12.0. The molecule has 0 saturated heterocycles. The van der Waals surface area contributed by atoms with Crippen molar-refractivity contribution in [2.45, 2.75) is 33.3 Å². The summed E-state index contributed by atoms with van der Waals surface area (Å²) < 4.78 is 24.8. The number of carbonyl (C=O) groups excluding carboxylic acids is 1. The highest BCUT2D eigenvalue weighted by Gasteiger charge is 2.19. The van der Waals surface area contributed by atoms with E-state index in [0.29, 0.717) is 19.6 Å². The summed E-state index contributed by atoms with van der Waals surface area (Å²) in [5.41, 5.74) is 2.26. The molecule has 2 aromatic rings. The van der Waals surface area contributed by atoms with E-state index in [1.54, 1.807) is 12.1 Å². The van der Waals surface area contributed by atoms with Gasteiger partial charge in [0.05, 0.1) is 6.54 Å². The van der Waals surface area contributed by atoms with Gasteiger partial charge in [-0.1, -0.05) is 25.1 Å². The average molecular weight is 345 g/mol. The number of carbonyl (C=O) groups is 1. The Morgan fingerprint density at radius 3 is 2.48 bits per heavy atom. The SMILES string of the molecule is CCC(Oc1ccccc1F)C(=O)NCCOc1cc(C)cc(C)c1. The number of nitrogens with one attached hydrogen (secondary N) is 1. The summed E-state index contributed by atoms with van der Waals surface area (Å²) in [5, 5.41) is 2.76. The van der Waals surface area contributed by atoms with Gasteiger partial charge in [-0.25, -0.2) is 4.39 Å². The molecule has 0 aliphatic heterocycles. The van der Waals surface area contributed by atoms with Crippen LogP contribution in [0.5, 0.6) is 11.5 Å². The summed E-state index contributed by atoms with van der Waals surface area (Å²) in [6, 6.07) is 12.0. The molecule has 0 bridgehead atoms. The number of hydrogen-bond donors (Lipinski definition) is 1. The molecular weight excluding hydrogens is 321 g/mol. The Hall–Kier alpha value is -2.56. The summed E-state index contributed by atoms with van der Waals surface area (Å²) >= 11 is 0. The maximum atomic E-state index is 13.6. The molecule has 0 aliphatic rings. The number of para-hydroxylation sites is 1. The van der Waals surface area contributed by atoms with Crippen molar-refractivity contribution in [3.8, 4) is 11.5 Å². The van der Waals surface area contributed by atoms with Gasteiger partial charge in [-0.15, -0.1) is 0 Å². The first-order valence-electron chi connectivity index (χ1n) is 8.39. The van der Waals surface area contributed by atoms with Crippen molar-refractivity contribution in [1.29, 1.82) is 0 Å². The molecule has 0 heterocycles. The summed E-state index contributed by atoms with van der Waals surface area (Å²) in [4.78, 5) is 12.2. The largest absolute Gasteiger partial charge is 0.492 e. The zero-order valence-corrected chi connectivity index (χ0v) is 14.8. The third-order valence-electron chi connectivity index (χ3n) is 3.63. The molecule has 134 valence electrons. The molecule has 1 unspecified atom stereocenters. The Morgan fingerprint density at radius 2 is 1.84 bits per heavy atom. The molecule has 0 saturated carbocycles.